The largest absolute Gasteiger partial charge is 0.396 e. The number of rotatable bonds is 8. The van der Waals surface area contributed by atoms with Crippen molar-refractivity contribution in [2.24, 2.45) is 5.41 Å². The monoisotopic (exact) mass is 343 g/mol. The second kappa shape index (κ2) is 8.13. The van der Waals surface area contributed by atoms with E-state index in [2.05, 4.69) is 37.5 Å². The summed E-state index contributed by atoms with van der Waals surface area (Å²) in [6, 6.07) is 10.2. The molecule has 0 amide bonds. The third-order valence-electron chi connectivity index (χ3n) is 5.03. The van der Waals surface area contributed by atoms with E-state index in [0.717, 1.165) is 50.5 Å². The lowest BCUT2D eigenvalue weighted by atomic mass is 9.84. The highest BCUT2D eigenvalue weighted by Crippen LogP contribution is 2.31. The molecule has 25 heavy (non-hydrogen) atoms. The first-order chi connectivity index (χ1) is 12.1. The SMILES string of the molecule is CC(C)c1nn(-c2ccccc2)cc1CNCC1(CCO)CCOC1. The second-order valence-electron chi connectivity index (χ2n) is 7.35. The predicted molar refractivity (Wildman–Crippen MR) is 98.9 cm³/mol. The molecule has 2 heterocycles. The Bertz CT molecular complexity index is 661. The van der Waals surface area contributed by atoms with Crippen molar-refractivity contribution < 1.29 is 9.84 Å². The summed E-state index contributed by atoms with van der Waals surface area (Å²) < 4.78 is 7.54. The maximum absolute atomic E-state index is 9.36. The molecule has 1 fully saturated rings. The summed E-state index contributed by atoms with van der Waals surface area (Å²) >= 11 is 0. The van der Waals surface area contributed by atoms with E-state index in [1.54, 1.807) is 0 Å². The predicted octanol–water partition coefficient (Wildman–Crippen LogP) is 2.87. The van der Waals surface area contributed by atoms with Crippen molar-refractivity contribution in [3.05, 3.63) is 47.8 Å². The number of aliphatic hydroxyl groups excluding tert-OH is 1. The van der Waals surface area contributed by atoms with Gasteiger partial charge in [0.1, 0.15) is 0 Å². The third-order valence-corrected chi connectivity index (χ3v) is 5.03. The molecule has 0 aliphatic carbocycles. The molecule has 0 bridgehead atoms. The van der Waals surface area contributed by atoms with Gasteiger partial charge in [0.05, 0.1) is 18.0 Å². The van der Waals surface area contributed by atoms with Crippen LogP contribution in [-0.2, 0) is 11.3 Å². The number of hydrogen-bond donors (Lipinski definition) is 2. The quantitative estimate of drug-likeness (QED) is 0.774. The number of aliphatic hydroxyl groups is 1. The first kappa shape index (κ1) is 18.1. The van der Waals surface area contributed by atoms with Crippen LogP contribution in [0.25, 0.3) is 5.69 Å². The second-order valence-corrected chi connectivity index (χ2v) is 7.35. The lowest BCUT2D eigenvalue weighted by Crippen LogP contribution is -2.35. The van der Waals surface area contributed by atoms with Crippen molar-refractivity contribution in [3.63, 3.8) is 0 Å². The van der Waals surface area contributed by atoms with Gasteiger partial charge in [0.25, 0.3) is 0 Å². The van der Waals surface area contributed by atoms with E-state index < -0.39 is 0 Å². The highest BCUT2D eigenvalue weighted by molar-refractivity contribution is 5.33. The van der Waals surface area contributed by atoms with Crippen LogP contribution in [-0.4, -0.2) is 41.3 Å². The summed E-state index contributed by atoms with van der Waals surface area (Å²) in [6.07, 6.45) is 3.93. The van der Waals surface area contributed by atoms with Crippen LogP contribution in [0, 0.1) is 5.41 Å². The molecule has 1 unspecified atom stereocenters. The summed E-state index contributed by atoms with van der Waals surface area (Å²) in [4.78, 5) is 0. The molecule has 2 N–H and O–H groups in total. The van der Waals surface area contributed by atoms with Crippen molar-refractivity contribution >= 4 is 0 Å². The number of ether oxygens (including phenoxy) is 1. The van der Waals surface area contributed by atoms with Crippen LogP contribution in [0.2, 0.25) is 0 Å². The Morgan fingerprint density at radius 2 is 2.12 bits per heavy atom. The zero-order valence-electron chi connectivity index (χ0n) is 15.2. The molecule has 3 rings (SSSR count). The van der Waals surface area contributed by atoms with Gasteiger partial charge in [0, 0.05) is 43.5 Å². The van der Waals surface area contributed by atoms with E-state index in [4.69, 9.17) is 9.84 Å². The Balaban J connectivity index is 1.70. The van der Waals surface area contributed by atoms with Gasteiger partial charge >= 0.3 is 0 Å². The minimum absolute atomic E-state index is 0.0716. The molecular formula is C20H29N3O2. The fraction of sp³-hybridized carbons (Fsp3) is 0.550. The lowest BCUT2D eigenvalue weighted by molar-refractivity contribution is 0.124. The van der Waals surface area contributed by atoms with Crippen LogP contribution in [0.1, 0.15) is 43.9 Å². The van der Waals surface area contributed by atoms with Crippen LogP contribution >= 0.6 is 0 Å². The topological polar surface area (TPSA) is 59.3 Å². The van der Waals surface area contributed by atoms with E-state index in [9.17, 15) is 5.11 Å². The van der Waals surface area contributed by atoms with Gasteiger partial charge in [-0.1, -0.05) is 32.0 Å². The molecule has 5 nitrogen and oxygen atoms in total. The summed E-state index contributed by atoms with van der Waals surface area (Å²) in [5.74, 6) is 0.378. The molecule has 1 aromatic carbocycles. The number of para-hydroxylation sites is 1. The molecule has 136 valence electrons. The van der Waals surface area contributed by atoms with Crippen molar-refractivity contribution in [1.82, 2.24) is 15.1 Å². The molecule has 0 saturated carbocycles. The molecule has 5 heteroatoms. The molecule has 0 spiro atoms. The van der Waals surface area contributed by atoms with Gasteiger partial charge in [-0.25, -0.2) is 4.68 Å². The molecule has 1 aliphatic rings. The molecule has 1 atom stereocenters. The van der Waals surface area contributed by atoms with Crippen LogP contribution < -0.4 is 5.32 Å². The van der Waals surface area contributed by atoms with E-state index in [1.807, 2.05) is 22.9 Å². The Morgan fingerprint density at radius 3 is 2.76 bits per heavy atom. The highest BCUT2D eigenvalue weighted by Gasteiger charge is 2.34. The van der Waals surface area contributed by atoms with Gasteiger partial charge in [-0.3, -0.25) is 0 Å². The fourth-order valence-electron chi connectivity index (χ4n) is 3.53. The molecule has 1 aliphatic heterocycles. The molecule has 1 aromatic heterocycles. The maximum atomic E-state index is 9.36. The minimum Gasteiger partial charge on any atom is -0.396 e. The highest BCUT2D eigenvalue weighted by atomic mass is 16.5. The van der Waals surface area contributed by atoms with E-state index >= 15 is 0 Å². The van der Waals surface area contributed by atoms with E-state index in [1.165, 1.54) is 5.56 Å². The summed E-state index contributed by atoms with van der Waals surface area (Å²) in [6.45, 7) is 7.76. The van der Waals surface area contributed by atoms with Crippen LogP contribution in [0.4, 0.5) is 0 Å². The standard InChI is InChI=1S/C20H29N3O2/c1-16(2)19-17(13-23(22-19)18-6-4-3-5-7-18)12-21-14-20(8-10-24)9-11-25-15-20/h3-7,13,16,21,24H,8-12,14-15H2,1-2H3. The van der Waals surface area contributed by atoms with Crippen LogP contribution in [0.5, 0.6) is 0 Å². The summed E-state index contributed by atoms with van der Waals surface area (Å²) in [5.41, 5.74) is 3.52. The van der Waals surface area contributed by atoms with Crippen LogP contribution in [0.15, 0.2) is 36.5 Å². The summed E-state index contributed by atoms with van der Waals surface area (Å²) in [7, 11) is 0. The van der Waals surface area contributed by atoms with Crippen molar-refractivity contribution in [1.29, 1.82) is 0 Å². The van der Waals surface area contributed by atoms with Gasteiger partial charge in [0.15, 0.2) is 0 Å². The Morgan fingerprint density at radius 1 is 1.32 bits per heavy atom. The van der Waals surface area contributed by atoms with Crippen LogP contribution in [0.3, 0.4) is 0 Å². The molecular weight excluding hydrogens is 314 g/mol. The average Bonchev–Trinajstić information content (AvgIpc) is 3.24. The minimum atomic E-state index is 0.0716. The van der Waals surface area contributed by atoms with Crippen molar-refractivity contribution in [3.8, 4) is 5.69 Å². The zero-order valence-corrected chi connectivity index (χ0v) is 15.2. The zero-order chi connectivity index (χ0) is 17.7. The smallest absolute Gasteiger partial charge is 0.0699 e. The fourth-order valence-corrected chi connectivity index (χ4v) is 3.53. The van der Waals surface area contributed by atoms with E-state index in [-0.39, 0.29) is 12.0 Å². The number of nitrogens with one attached hydrogen (secondary N) is 1. The van der Waals surface area contributed by atoms with E-state index in [0.29, 0.717) is 5.92 Å². The number of nitrogens with zero attached hydrogens (tertiary/aromatic N) is 2. The summed E-state index contributed by atoms with van der Waals surface area (Å²) in [5, 5.41) is 17.7. The Labute approximate surface area is 150 Å². The van der Waals surface area contributed by atoms with Gasteiger partial charge in [-0.15, -0.1) is 0 Å². The molecule has 1 saturated heterocycles. The lowest BCUT2D eigenvalue weighted by Gasteiger charge is -2.26. The average molecular weight is 343 g/mol. The number of hydrogen-bond acceptors (Lipinski definition) is 4. The van der Waals surface area contributed by atoms with Gasteiger partial charge in [0.2, 0.25) is 0 Å². The third kappa shape index (κ3) is 4.29. The Hall–Kier alpha value is -1.69. The molecule has 2 aromatic rings. The Kier molecular flexibility index (Phi) is 5.89. The van der Waals surface area contributed by atoms with Gasteiger partial charge in [-0.2, -0.15) is 5.10 Å². The van der Waals surface area contributed by atoms with Gasteiger partial charge in [-0.05, 0) is 30.9 Å². The number of benzene rings is 1. The first-order valence-electron chi connectivity index (χ1n) is 9.17. The maximum Gasteiger partial charge on any atom is 0.0699 e. The number of aromatic nitrogens is 2. The van der Waals surface area contributed by atoms with Gasteiger partial charge < -0.3 is 15.2 Å². The normalized spacial score (nSPS) is 20.5. The van der Waals surface area contributed by atoms with Crippen molar-refractivity contribution in [2.45, 2.75) is 39.2 Å². The molecule has 0 radical (unpaired) electrons. The first-order valence-corrected chi connectivity index (χ1v) is 9.17. The van der Waals surface area contributed by atoms with Crippen molar-refractivity contribution in [2.75, 3.05) is 26.4 Å².